The van der Waals surface area contributed by atoms with E-state index < -0.39 is 35.4 Å². The number of carbonyl (C=O) groups is 3. The molecule has 0 aliphatic rings. The topological polar surface area (TPSA) is 98.7 Å². The van der Waals surface area contributed by atoms with Crippen molar-refractivity contribution >= 4 is 17.7 Å². The van der Waals surface area contributed by atoms with Crippen LogP contribution in [0.25, 0.3) is 11.1 Å². The van der Waals surface area contributed by atoms with Gasteiger partial charge in [-0.05, 0) is 30.7 Å². The zero-order valence-electron chi connectivity index (χ0n) is 15.4. The number of amides is 3. The van der Waals surface area contributed by atoms with Gasteiger partial charge in [0.25, 0.3) is 17.7 Å². The van der Waals surface area contributed by atoms with Crippen molar-refractivity contribution in [1.29, 1.82) is 0 Å². The summed E-state index contributed by atoms with van der Waals surface area (Å²) in [5.74, 6) is -4.26. The number of hydroxylamine groups is 1. The minimum atomic E-state index is -1.67. The molecule has 0 saturated heterocycles. The zero-order valence-corrected chi connectivity index (χ0v) is 15.4. The molecule has 28 heavy (non-hydrogen) atoms. The summed E-state index contributed by atoms with van der Waals surface area (Å²) in [6.45, 7) is 1.70. The predicted molar refractivity (Wildman–Crippen MR) is 96.4 cm³/mol. The maximum absolute atomic E-state index is 14.6. The van der Waals surface area contributed by atoms with Crippen LogP contribution in [0.2, 0.25) is 0 Å². The smallest absolute Gasteiger partial charge is 0.275 e. The van der Waals surface area contributed by atoms with Crippen LogP contribution < -0.4 is 10.8 Å². The number of aryl methyl sites for hydroxylation is 1. The molecule has 0 aliphatic heterocycles. The lowest BCUT2D eigenvalue weighted by atomic mass is 10.0. The molecule has 0 fully saturated rings. The monoisotopic (exact) mass is 391 g/mol. The Bertz CT molecular complexity index is 917. The number of nitrogens with one attached hydrogen (secondary N) is 2. The minimum absolute atomic E-state index is 0.0346. The van der Waals surface area contributed by atoms with E-state index in [9.17, 15) is 23.2 Å². The van der Waals surface area contributed by atoms with Gasteiger partial charge in [-0.25, -0.2) is 14.3 Å². The molecule has 0 radical (unpaired) electrons. The van der Waals surface area contributed by atoms with Gasteiger partial charge >= 0.3 is 0 Å². The predicted octanol–water partition coefficient (Wildman–Crippen LogP) is 1.63. The Hall–Kier alpha value is -3.33. The summed E-state index contributed by atoms with van der Waals surface area (Å²) in [4.78, 5) is 36.9. The van der Waals surface area contributed by atoms with Gasteiger partial charge in [-0.15, -0.1) is 0 Å². The van der Waals surface area contributed by atoms with Crippen molar-refractivity contribution in [2.45, 2.75) is 13.0 Å². The molecular formula is C19H19F2N3O4. The molecule has 1 unspecified atom stereocenters. The van der Waals surface area contributed by atoms with E-state index in [1.54, 1.807) is 13.0 Å². The number of rotatable bonds is 5. The standard InChI is InChI=1S/C19H19F2N3O4/c1-10-4-6-12(14(20)8-10)13-7-5-11(9-15(13)21)19(27)24(3)16(17(25)22-2)18(26)23-28/h4-9,16,28H,1-3H3,(H,22,25)(H,23,26). The van der Waals surface area contributed by atoms with Gasteiger partial charge in [0.15, 0.2) is 6.04 Å². The van der Waals surface area contributed by atoms with Crippen molar-refractivity contribution in [2.24, 2.45) is 0 Å². The molecule has 0 aliphatic carbocycles. The number of nitrogens with zero attached hydrogens (tertiary/aromatic N) is 1. The summed E-state index contributed by atoms with van der Waals surface area (Å²) in [6.07, 6.45) is 0. The number of likely N-dealkylation sites (N-methyl/N-ethyl adjacent to an activating group) is 2. The van der Waals surface area contributed by atoms with E-state index in [-0.39, 0.29) is 16.7 Å². The average Bonchev–Trinajstić information content (AvgIpc) is 2.67. The van der Waals surface area contributed by atoms with Gasteiger partial charge in [0.2, 0.25) is 0 Å². The van der Waals surface area contributed by atoms with Crippen molar-refractivity contribution < 1.29 is 28.4 Å². The third-order valence-electron chi connectivity index (χ3n) is 4.19. The first-order valence-corrected chi connectivity index (χ1v) is 8.20. The van der Waals surface area contributed by atoms with Crippen molar-refractivity contribution in [2.75, 3.05) is 14.1 Å². The summed E-state index contributed by atoms with van der Waals surface area (Å²) >= 11 is 0. The third-order valence-corrected chi connectivity index (χ3v) is 4.19. The molecule has 0 bridgehead atoms. The lowest BCUT2D eigenvalue weighted by molar-refractivity contribution is -0.140. The molecule has 148 valence electrons. The van der Waals surface area contributed by atoms with Crippen LogP contribution in [0, 0.1) is 18.6 Å². The summed E-state index contributed by atoms with van der Waals surface area (Å²) in [6, 6.07) is 6.06. The Morgan fingerprint density at radius 2 is 1.57 bits per heavy atom. The summed E-state index contributed by atoms with van der Waals surface area (Å²) in [7, 11) is 2.41. The first kappa shape index (κ1) is 21.0. The van der Waals surface area contributed by atoms with Gasteiger partial charge in [-0.1, -0.05) is 18.2 Å². The maximum Gasteiger partial charge on any atom is 0.275 e. The number of hydrogen-bond donors (Lipinski definition) is 3. The highest BCUT2D eigenvalue weighted by molar-refractivity contribution is 6.08. The van der Waals surface area contributed by atoms with Crippen molar-refractivity contribution in [3.63, 3.8) is 0 Å². The first-order valence-electron chi connectivity index (χ1n) is 8.20. The first-order chi connectivity index (χ1) is 13.2. The number of hydrogen-bond acceptors (Lipinski definition) is 4. The van der Waals surface area contributed by atoms with Crippen molar-refractivity contribution in [3.8, 4) is 11.1 Å². The van der Waals surface area contributed by atoms with Crippen molar-refractivity contribution in [3.05, 3.63) is 59.2 Å². The van der Waals surface area contributed by atoms with Gasteiger partial charge in [-0.3, -0.25) is 19.6 Å². The van der Waals surface area contributed by atoms with E-state index in [0.29, 0.717) is 5.56 Å². The minimum Gasteiger partial charge on any atom is -0.357 e. The normalized spacial score (nSPS) is 11.5. The maximum atomic E-state index is 14.6. The highest BCUT2D eigenvalue weighted by Gasteiger charge is 2.33. The van der Waals surface area contributed by atoms with Crippen LogP contribution in [0.15, 0.2) is 36.4 Å². The van der Waals surface area contributed by atoms with E-state index >= 15 is 0 Å². The Labute approximate surface area is 159 Å². The van der Waals surface area contributed by atoms with E-state index in [1.165, 1.54) is 36.8 Å². The molecule has 9 heteroatoms. The van der Waals surface area contributed by atoms with Gasteiger partial charge in [-0.2, -0.15) is 0 Å². The molecule has 0 aromatic heterocycles. The fourth-order valence-corrected chi connectivity index (χ4v) is 2.69. The van der Waals surface area contributed by atoms with E-state index in [0.717, 1.165) is 18.0 Å². The van der Waals surface area contributed by atoms with E-state index in [4.69, 9.17) is 5.21 Å². The molecule has 3 N–H and O–H groups in total. The second kappa shape index (κ2) is 8.57. The van der Waals surface area contributed by atoms with Crippen molar-refractivity contribution in [1.82, 2.24) is 15.7 Å². The van der Waals surface area contributed by atoms with Crippen LogP contribution >= 0.6 is 0 Å². The molecule has 7 nitrogen and oxygen atoms in total. The molecule has 0 heterocycles. The molecule has 0 spiro atoms. The summed E-state index contributed by atoms with van der Waals surface area (Å²) in [5.41, 5.74) is 1.84. The van der Waals surface area contributed by atoms with Crippen LogP contribution in [0.3, 0.4) is 0 Å². The van der Waals surface area contributed by atoms with Crippen LogP contribution in [0.4, 0.5) is 8.78 Å². The zero-order chi connectivity index (χ0) is 21.0. The fourth-order valence-electron chi connectivity index (χ4n) is 2.69. The number of carbonyl (C=O) groups excluding carboxylic acids is 3. The van der Waals surface area contributed by atoms with Gasteiger partial charge in [0, 0.05) is 30.8 Å². The lowest BCUT2D eigenvalue weighted by Crippen LogP contribution is -2.54. The quantitative estimate of drug-likeness (QED) is 0.410. The highest BCUT2D eigenvalue weighted by Crippen LogP contribution is 2.27. The summed E-state index contributed by atoms with van der Waals surface area (Å²) in [5, 5.41) is 11.0. The molecule has 2 rings (SSSR count). The number of benzene rings is 2. The van der Waals surface area contributed by atoms with E-state index in [1.807, 2.05) is 0 Å². The molecule has 0 saturated carbocycles. The molecular weight excluding hydrogens is 372 g/mol. The van der Waals surface area contributed by atoms with Gasteiger partial charge in [0.05, 0.1) is 0 Å². The Balaban J connectivity index is 2.37. The Kier molecular flexibility index (Phi) is 6.42. The SMILES string of the molecule is CNC(=O)C(C(=O)NO)N(C)C(=O)c1ccc(-c2ccc(C)cc2F)c(F)c1. The average molecular weight is 391 g/mol. The number of halogens is 2. The molecule has 2 aromatic rings. The van der Waals surface area contributed by atoms with E-state index in [2.05, 4.69) is 5.32 Å². The van der Waals surface area contributed by atoms with Gasteiger partial charge < -0.3 is 10.2 Å². The molecule has 1 atom stereocenters. The summed E-state index contributed by atoms with van der Waals surface area (Å²) < 4.78 is 28.7. The fraction of sp³-hybridized carbons (Fsp3) is 0.211. The molecule has 2 aromatic carbocycles. The third kappa shape index (κ3) is 4.15. The largest absolute Gasteiger partial charge is 0.357 e. The lowest BCUT2D eigenvalue weighted by Gasteiger charge is -2.25. The second-order valence-corrected chi connectivity index (χ2v) is 6.09. The van der Waals surface area contributed by atoms with Crippen LogP contribution in [0.1, 0.15) is 15.9 Å². The molecule has 3 amide bonds. The highest BCUT2D eigenvalue weighted by atomic mass is 19.1. The Morgan fingerprint density at radius 3 is 2.07 bits per heavy atom. The van der Waals surface area contributed by atoms with Crippen LogP contribution in [0.5, 0.6) is 0 Å². The Morgan fingerprint density at radius 1 is 1.00 bits per heavy atom. The second-order valence-electron chi connectivity index (χ2n) is 6.09. The van der Waals surface area contributed by atoms with Crippen LogP contribution in [-0.2, 0) is 9.59 Å². The van der Waals surface area contributed by atoms with Gasteiger partial charge in [0.1, 0.15) is 11.6 Å². The van der Waals surface area contributed by atoms with Crippen LogP contribution in [-0.4, -0.2) is 48.0 Å².